The lowest BCUT2D eigenvalue weighted by Gasteiger charge is -2.14. The van der Waals surface area contributed by atoms with E-state index in [1.807, 2.05) is 55.5 Å². The molecule has 0 atom stereocenters. The van der Waals surface area contributed by atoms with Gasteiger partial charge in [0.05, 0.1) is 17.2 Å². The van der Waals surface area contributed by atoms with Gasteiger partial charge in [-0.1, -0.05) is 24.3 Å². The molecule has 3 aromatic carbocycles. The van der Waals surface area contributed by atoms with Crippen molar-refractivity contribution in [3.8, 4) is 17.2 Å². The highest BCUT2D eigenvalue weighted by Crippen LogP contribution is 2.24. The van der Waals surface area contributed by atoms with Crippen molar-refractivity contribution in [2.24, 2.45) is 0 Å². The molecule has 0 radical (unpaired) electrons. The van der Waals surface area contributed by atoms with Crippen LogP contribution in [0.5, 0.6) is 5.75 Å². The zero-order valence-electron chi connectivity index (χ0n) is 21.3. The molecule has 0 unspecified atom stereocenters. The lowest BCUT2D eigenvalue weighted by atomic mass is 10.0. The molecule has 0 spiro atoms. The lowest BCUT2D eigenvalue weighted by molar-refractivity contribution is -0.136. The van der Waals surface area contributed by atoms with Gasteiger partial charge >= 0.3 is 5.97 Å². The van der Waals surface area contributed by atoms with Gasteiger partial charge in [-0.2, -0.15) is 0 Å². The minimum Gasteiger partial charge on any atom is -0.493 e. The van der Waals surface area contributed by atoms with Gasteiger partial charge in [0.25, 0.3) is 0 Å². The molecule has 198 valence electrons. The number of carbonyl (C=O) groups is 1. The van der Waals surface area contributed by atoms with Crippen molar-refractivity contribution in [2.45, 2.75) is 37.6 Å². The van der Waals surface area contributed by atoms with E-state index in [1.165, 1.54) is 6.26 Å². The van der Waals surface area contributed by atoms with Crippen molar-refractivity contribution in [1.29, 1.82) is 0 Å². The van der Waals surface area contributed by atoms with Crippen LogP contribution in [0, 0.1) is 6.92 Å². The second-order valence-electron chi connectivity index (χ2n) is 8.96. The van der Waals surface area contributed by atoms with Crippen LogP contribution in [0.25, 0.3) is 11.5 Å². The van der Waals surface area contributed by atoms with Crippen molar-refractivity contribution < 1.29 is 27.5 Å². The van der Waals surface area contributed by atoms with Crippen molar-refractivity contribution in [1.82, 2.24) is 4.98 Å². The van der Waals surface area contributed by atoms with Gasteiger partial charge in [0.2, 0.25) is 5.89 Å². The number of aliphatic carboxylic acids is 1. The maximum atomic E-state index is 11.7. The predicted octanol–water partition coefficient (Wildman–Crippen LogP) is 5.30. The fourth-order valence-electron chi connectivity index (χ4n) is 3.99. The first-order valence-corrected chi connectivity index (χ1v) is 14.1. The molecule has 1 heterocycles. The zero-order chi connectivity index (χ0) is 27.1. The average Bonchev–Trinajstić information content (AvgIpc) is 3.27. The summed E-state index contributed by atoms with van der Waals surface area (Å²) in [5.74, 6) is 1.14. The minimum atomic E-state index is -3.27. The van der Waals surface area contributed by atoms with Crippen molar-refractivity contribution in [3.05, 3.63) is 95.4 Å². The number of aromatic nitrogens is 1. The molecular weight excluding hydrogens is 504 g/mol. The molecule has 0 amide bonds. The molecule has 38 heavy (non-hydrogen) atoms. The van der Waals surface area contributed by atoms with Crippen LogP contribution in [0.3, 0.4) is 0 Å². The predicted molar refractivity (Wildman–Crippen MR) is 145 cm³/mol. The van der Waals surface area contributed by atoms with E-state index in [1.54, 1.807) is 24.3 Å². The summed E-state index contributed by atoms with van der Waals surface area (Å²) in [5, 5.41) is 12.4. The SMILES string of the molecule is Cc1oc(-c2ccccc2)nc1CCOc1ccc(CCC(=O)O)c(CNc2ccc(S(C)(=O)=O)cc2)c1. The normalized spacial score (nSPS) is 11.3. The number of nitrogens with one attached hydrogen (secondary N) is 1. The molecule has 0 saturated carbocycles. The molecule has 0 aliphatic heterocycles. The summed E-state index contributed by atoms with van der Waals surface area (Å²) in [4.78, 5) is 16.0. The van der Waals surface area contributed by atoms with E-state index in [4.69, 9.17) is 14.3 Å². The molecule has 2 N–H and O–H groups in total. The van der Waals surface area contributed by atoms with Gasteiger partial charge in [-0.15, -0.1) is 0 Å². The van der Waals surface area contributed by atoms with E-state index in [0.29, 0.717) is 37.6 Å². The number of hydrogen-bond acceptors (Lipinski definition) is 7. The van der Waals surface area contributed by atoms with E-state index >= 15 is 0 Å². The number of carboxylic acid groups (broad SMARTS) is 1. The maximum Gasteiger partial charge on any atom is 0.303 e. The third-order valence-electron chi connectivity index (χ3n) is 6.07. The Labute approximate surface area is 222 Å². The molecule has 4 rings (SSSR count). The van der Waals surface area contributed by atoms with Gasteiger partial charge < -0.3 is 19.6 Å². The standard InChI is InChI=1S/C29H30N2O6S/c1-20-27(31-29(37-20)22-6-4-3-5-7-22)16-17-36-25-12-8-21(9-15-28(32)33)23(18-25)19-30-24-10-13-26(14-11-24)38(2,34)35/h3-8,10-14,18,30H,9,15-17,19H2,1-2H3,(H,32,33). The Morgan fingerprint density at radius 3 is 2.42 bits per heavy atom. The molecule has 4 aromatic rings. The lowest BCUT2D eigenvalue weighted by Crippen LogP contribution is -2.07. The van der Waals surface area contributed by atoms with Crippen LogP contribution in [-0.2, 0) is 34.0 Å². The summed E-state index contributed by atoms with van der Waals surface area (Å²) in [6.07, 6.45) is 2.15. The monoisotopic (exact) mass is 534 g/mol. The first kappa shape index (κ1) is 26.9. The van der Waals surface area contributed by atoms with Crippen LogP contribution in [-0.4, -0.2) is 37.3 Å². The van der Waals surface area contributed by atoms with Crippen LogP contribution < -0.4 is 10.1 Å². The highest BCUT2D eigenvalue weighted by Gasteiger charge is 2.13. The Balaban J connectivity index is 1.42. The quantitative estimate of drug-likeness (QED) is 0.251. The van der Waals surface area contributed by atoms with Crippen LogP contribution in [0.15, 0.2) is 82.1 Å². The summed E-state index contributed by atoms with van der Waals surface area (Å²) in [6.45, 7) is 2.71. The Morgan fingerprint density at radius 1 is 1.00 bits per heavy atom. The van der Waals surface area contributed by atoms with E-state index in [9.17, 15) is 13.2 Å². The van der Waals surface area contributed by atoms with Gasteiger partial charge in [0, 0.05) is 36.9 Å². The van der Waals surface area contributed by atoms with Crippen LogP contribution >= 0.6 is 0 Å². The number of benzene rings is 3. The second kappa shape index (κ2) is 12.0. The van der Waals surface area contributed by atoms with Gasteiger partial charge in [-0.05, 0) is 73.0 Å². The molecule has 0 aliphatic carbocycles. The molecule has 0 fully saturated rings. The Hall–Kier alpha value is -4.11. The van der Waals surface area contributed by atoms with Crippen molar-refractivity contribution >= 4 is 21.5 Å². The molecule has 8 nitrogen and oxygen atoms in total. The smallest absolute Gasteiger partial charge is 0.303 e. The van der Waals surface area contributed by atoms with Crippen LogP contribution in [0.1, 0.15) is 29.0 Å². The topological polar surface area (TPSA) is 119 Å². The summed E-state index contributed by atoms with van der Waals surface area (Å²) >= 11 is 0. The maximum absolute atomic E-state index is 11.7. The van der Waals surface area contributed by atoms with Crippen LogP contribution in [0.4, 0.5) is 5.69 Å². The van der Waals surface area contributed by atoms with E-state index in [0.717, 1.165) is 33.8 Å². The van der Waals surface area contributed by atoms with Gasteiger partial charge in [0.15, 0.2) is 9.84 Å². The first-order valence-electron chi connectivity index (χ1n) is 12.2. The zero-order valence-corrected chi connectivity index (χ0v) is 22.1. The van der Waals surface area contributed by atoms with E-state index in [2.05, 4.69) is 10.3 Å². The fraction of sp³-hybridized carbons (Fsp3) is 0.241. The van der Waals surface area contributed by atoms with Gasteiger partial charge in [0.1, 0.15) is 11.5 Å². The van der Waals surface area contributed by atoms with Crippen molar-refractivity contribution in [2.75, 3.05) is 18.2 Å². The van der Waals surface area contributed by atoms with Gasteiger partial charge in [-0.25, -0.2) is 13.4 Å². The van der Waals surface area contributed by atoms with E-state index in [-0.39, 0.29) is 11.3 Å². The number of ether oxygens (including phenoxy) is 1. The third kappa shape index (κ3) is 7.23. The largest absolute Gasteiger partial charge is 0.493 e. The Kier molecular flexibility index (Phi) is 8.48. The van der Waals surface area contributed by atoms with Crippen LogP contribution in [0.2, 0.25) is 0 Å². The number of oxazole rings is 1. The molecule has 0 saturated heterocycles. The summed E-state index contributed by atoms with van der Waals surface area (Å²) in [7, 11) is -3.27. The highest BCUT2D eigenvalue weighted by atomic mass is 32.2. The molecule has 9 heteroatoms. The molecule has 0 aliphatic rings. The average molecular weight is 535 g/mol. The second-order valence-corrected chi connectivity index (χ2v) is 11.0. The molecule has 1 aromatic heterocycles. The number of sulfone groups is 1. The first-order chi connectivity index (χ1) is 18.2. The number of hydrogen-bond donors (Lipinski definition) is 2. The minimum absolute atomic E-state index is 0.0193. The number of nitrogens with zero attached hydrogens (tertiary/aromatic N) is 1. The Morgan fingerprint density at radius 2 is 1.74 bits per heavy atom. The third-order valence-corrected chi connectivity index (χ3v) is 7.20. The number of rotatable bonds is 12. The molecular formula is C29H30N2O6S. The summed E-state index contributed by atoms with van der Waals surface area (Å²) in [5.41, 5.74) is 4.31. The fourth-order valence-corrected chi connectivity index (χ4v) is 4.62. The van der Waals surface area contributed by atoms with Gasteiger partial charge in [-0.3, -0.25) is 4.79 Å². The van der Waals surface area contributed by atoms with E-state index < -0.39 is 15.8 Å². The number of carboxylic acids is 1. The molecule has 0 bridgehead atoms. The Bertz CT molecular complexity index is 1500. The number of anilines is 1. The highest BCUT2D eigenvalue weighted by molar-refractivity contribution is 7.90. The number of aryl methyl sites for hydroxylation is 2. The van der Waals surface area contributed by atoms with Crippen molar-refractivity contribution in [3.63, 3.8) is 0 Å². The summed E-state index contributed by atoms with van der Waals surface area (Å²) in [6, 6.07) is 21.9. The summed E-state index contributed by atoms with van der Waals surface area (Å²) < 4.78 is 35.2.